The van der Waals surface area contributed by atoms with Crippen LogP contribution in [0.2, 0.25) is 10.0 Å². The van der Waals surface area contributed by atoms with E-state index < -0.39 is 15.8 Å². The average molecular weight is 392 g/mol. The molecule has 0 aliphatic heterocycles. The van der Waals surface area contributed by atoms with Gasteiger partial charge in [-0.1, -0.05) is 41.4 Å². The molecule has 0 bridgehead atoms. The zero-order valence-corrected chi connectivity index (χ0v) is 15.2. The molecule has 0 aliphatic carbocycles. The third-order valence-electron chi connectivity index (χ3n) is 3.31. The van der Waals surface area contributed by atoms with Gasteiger partial charge in [-0.3, -0.25) is 0 Å². The topological polar surface area (TPSA) is 46.6 Å². The van der Waals surface area contributed by atoms with Crippen LogP contribution in [0.3, 0.4) is 0 Å². The summed E-state index contributed by atoms with van der Waals surface area (Å²) in [6, 6.07) is 10.6. The van der Waals surface area contributed by atoms with Gasteiger partial charge in [-0.25, -0.2) is 17.1 Å². The molecule has 8 heteroatoms. The van der Waals surface area contributed by atoms with E-state index in [0.717, 1.165) is 4.31 Å². The maximum Gasteiger partial charge on any atom is 0.218 e. The zero-order chi connectivity index (χ0) is 17.7. The highest BCUT2D eigenvalue weighted by molar-refractivity contribution is 7.88. The fourth-order valence-electron chi connectivity index (χ4n) is 1.94. The van der Waals surface area contributed by atoms with E-state index in [1.807, 2.05) is 0 Å². The molecule has 0 heterocycles. The van der Waals surface area contributed by atoms with Crippen molar-refractivity contribution in [1.29, 1.82) is 0 Å². The van der Waals surface area contributed by atoms with Crippen LogP contribution in [0.4, 0.5) is 4.39 Å². The molecule has 0 unspecified atom stereocenters. The highest BCUT2D eigenvalue weighted by atomic mass is 35.5. The van der Waals surface area contributed by atoms with E-state index >= 15 is 0 Å². The molecule has 0 amide bonds. The number of hydrogen-bond acceptors (Lipinski definition) is 3. The number of halogens is 3. The SMILES string of the molecule is CN(CCOc1ccccc1F)S(=O)(=O)Cc1ccc(Cl)c(Cl)c1. The summed E-state index contributed by atoms with van der Waals surface area (Å²) in [6.45, 7) is 0.135. The summed E-state index contributed by atoms with van der Waals surface area (Å²) >= 11 is 11.7. The predicted octanol–water partition coefficient (Wildman–Crippen LogP) is 3.97. The van der Waals surface area contributed by atoms with E-state index in [0.29, 0.717) is 15.6 Å². The number of nitrogens with zero attached hydrogens (tertiary/aromatic N) is 1. The number of rotatable bonds is 7. The first kappa shape index (κ1) is 19.0. The van der Waals surface area contributed by atoms with Gasteiger partial charge in [0.1, 0.15) is 6.61 Å². The second-order valence-electron chi connectivity index (χ2n) is 5.11. The summed E-state index contributed by atoms with van der Waals surface area (Å²) in [4.78, 5) is 0. The zero-order valence-electron chi connectivity index (χ0n) is 12.9. The fraction of sp³-hybridized carbons (Fsp3) is 0.250. The maximum atomic E-state index is 13.4. The lowest BCUT2D eigenvalue weighted by Gasteiger charge is -2.18. The molecule has 130 valence electrons. The molecule has 0 N–H and O–H groups in total. The monoisotopic (exact) mass is 391 g/mol. The van der Waals surface area contributed by atoms with Gasteiger partial charge in [0.25, 0.3) is 0 Å². The first-order chi connectivity index (χ1) is 11.3. The van der Waals surface area contributed by atoms with Gasteiger partial charge in [-0.15, -0.1) is 0 Å². The number of para-hydroxylation sites is 1. The molecule has 0 saturated heterocycles. The maximum absolute atomic E-state index is 13.4. The molecule has 2 rings (SSSR count). The molecule has 24 heavy (non-hydrogen) atoms. The first-order valence-electron chi connectivity index (χ1n) is 7.05. The normalized spacial score (nSPS) is 11.7. The Kier molecular flexibility index (Phi) is 6.46. The Morgan fingerprint density at radius 1 is 1.12 bits per heavy atom. The number of sulfonamides is 1. The van der Waals surface area contributed by atoms with Crippen molar-refractivity contribution in [2.24, 2.45) is 0 Å². The lowest BCUT2D eigenvalue weighted by Crippen LogP contribution is -2.32. The predicted molar refractivity (Wildman–Crippen MR) is 93.6 cm³/mol. The van der Waals surface area contributed by atoms with E-state index in [9.17, 15) is 12.8 Å². The second-order valence-corrected chi connectivity index (χ2v) is 8.00. The van der Waals surface area contributed by atoms with Crippen molar-refractivity contribution in [3.8, 4) is 5.75 Å². The van der Waals surface area contributed by atoms with Gasteiger partial charge in [-0.05, 0) is 29.8 Å². The van der Waals surface area contributed by atoms with Crippen LogP contribution in [0.25, 0.3) is 0 Å². The van der Waals surface area contributed by atoms with Crippen LogP contribution < -0.4 is 4.74 Å². The summed E-state index contributed by atoms with van der Waals surface area (Å²) < 4.78 is 44.5. The highest BCUT2D eigenvalue weighted by Crippen LogP contribution is 2.24. The van der Waals surface area contributed by atoms with E-state index in [2.05, 4.69) is 0 Å². The van der Waals surface area contributed by atoms with Crippen molar-refractivity contribution >= 4 is 33.2 Å². The molecule has 0 aliphatic rings. The standard InChI is InChI=1S/C16H16Cl2FNO3S/c1-20(8-9-23-16-5-3-2-4-15(16)19)24(21,22)11-12-6-7-13(17)14(18)10-12/h2-7,10H,8-9,11H2,1H3. The third-order valence-corrected chi connectivity index (χ3v) is 5.88. The van der Waals surface area contributed by atoms with Crippen LogP contribution in [-0.2, 0) is 15.8 Å². The molecule has 2 aromatic rings. The molecule has 0 fully saturated rings. The van der Waals surface area contributed by atoms with Gasteiger partial charge in [-0.2, -0.15) is 0 Å². The van der Waals surface area contributed by atoms with Gasteiger partial charge in [0.15, 0.2) is 11.6 Å². The van der Waals surface area contributed by atoms with Crippen LogP contribution >= 0.6 is 23.2 Å². The number of benzene rings is 2. The Morgan fingerprint density at radius 3 is 2.50 bits per heavy atom. The summed E-state index contributed by atoms with van der Waals surface area (Å²) in [7, 11) is -2.11. The lowest BCUT2D eigenvalue weighted by atomic mass is 10.2. The van der Waals surface area contributed by atoms with Crippen LogP contribution in [-0.4, -0.2) is 32.9 Å². The number of hydrogen-bond donors (Lipinski definition) is 0. The average Bonchev–Trinajstić information content (AvgIpc) is 2.52. The molecule has 0 spiro atoms. The van der Waals surface area contributed by atoms with E-state index in [-0.39, 0.29) is 24.7 Å². The van der Waals surface area contributed by atoms with Crippen molar-refractivity contribution < 1.29 is 17.5 Å². The molecule has 0 atom stereocenters. The smallest absolute Gasteiger partial charge is 0.218 e. The minimum Gasteiger partial charge on any atom is -0.489 e. The van der Waals surface area contributed by atoms with Gasteiger partial charge in [0.2, 0.25) is 10.0 Å². The Hall–Kier alpha value is -1.34. The van der Waals surface area contributed by atoms with Crippen molar-refractivity contribution in [2.75, 3.05) is 20.2 Å². The first-order valence-corrected chi connectivity index (χ1v) is 9.41. The minimum atomic E-state index is -3.55. The van der Waals surface area contributed by atoms with Gasteiger partial charge < -0.3 is 4.74 Å². The minimum absolute atomic E-state index is 0.0397. The Morgan fingerprint density at radius 2 is 1.83 bits per heavy atom. The highest BCUT2D eigenvalue weighted by Gasteiger charge is 2.19. The number of ether oxygens (including phenoxy) is 1. The van der Waals surface area contributed by atoms with Crippen molar-refractivity contribution in [1.82, 2.24) is 4.31 Å². The van der Waals surface area contributed by atoms with Gasteiger partial charge in [0, 0.05) is 13.6 Å². The van der Waals surface area contributed by atoms with E-state index in [4.69, 9.17) is 27.9 Å². The van der Waals surface area contributed by atoms with Crippen molar-refractivity contribution in [3.05, 3.63) is 63.9 Å². The summed E-state index contributed by atoms with van der Waals surface area (Å²) in [5, 5.41) is 0.666. The molecule has 0 aromatic heterocycles. The van der Waals surface area contributed by atoms with Crippen molar-refractivity contribution in [2.45, 2.75) is 5.75 Å². The molecule has 2 aromatic carbocycles. The molecule has 0 saturated carbocycles. The summed E-state index contributed by atoms with van der Waals surface area (Å²) in [5.41, 5.74) is 0.534. The Bertz CT molecular complexity index is 815. The largest absolute Gasteiger partial charge is 0.489 e. The van der Waals surface area contributed by atoms with Crippen molar-refractivity contribution in [3.63, 3.8) is 0 Å². The summed E-state index contributed by atoms with van der Waals surface area (Å²) in [5.74, 6) is -0.605. The molecular weight excluding hydrogens is 376 g/mol. The molecule has 0 radical (unpaired) electrons. The molecule has 4 nitrogen and oxygen atoms in total. The summed E-state index contributed by atoms with van der Waals surface area (Å²) in [6.07, 6.45) is 0. The fourth-order valence-corrected chi connectivity index (χ4v) is 3.43. The lowest BCUT2D eigenvalue weighted by molar-refractivity contribution is 0.275. The van der Waals surface area contributed by atoms with Crippen LogP contribution in [0.1, 0.15) is 5.56 Å². The quantitative estimate of drug-likeness (QED) is 0.716. The van der Waals surface area contributed by atoms with Gasteiger partial charge in [0.05, 0.1) is 15.8 Å². The van der Waals surface area contributed by atoms with Crippen LogP contribution in [0.15, 0.2) is 42.5 Å². The van der Waals surface area contributed by atoms with E-state index in [1.165, 1.54) is 25.2 Å². The third kappa shape index (κ3) is 5.08. The second kappa shape index (κ2) is 8.16. The van der Waals surface area contributed by atoms with Gasteiger partial charge >= 0.3 is 0 Å². The van der Waals surface area contributed by atoms with E-state index in [1.54, 1.807) is 24.3 Å². The van der Waals surface area contributed by atoms with Crippen LogP contribution in [0.5, 0.6) is 5.75 Å². The van der Waals surface area contributed by atoms with Crippen LogP contribution in [0, 0.1) is 5.82 Å². The number of likely N-dealkylation sites (N-methyl/N-ethyl adjacent to an activating group) is 1. The Balaban J connectivity index is 1.93. The Labute approximate surface area is 150 Å². The molecular formula is C16H16Cl2FNO3S.